The third-order valence-electron chi connectivity index (χ3n) is 4.61. The van der Waals surface area contributed by atoms with E-state index in [-0.39, 0.29) is 12.5 Å². The number of ether oxygens (including phenoxy) is 1. The molecule has 8 heteroatoms. The maximum Gasteiger partial charge on any atom is 0.259 e. The maximum absolute atomic E-state index is 12.9. The molecule has 0 saturated carbocycles. The molecule has 1 amide bonds. The van der Waals surface area contributed by atoms with Crippen LogP contribution in [0.5, 0.6) is 5.75 Å². The molecule has 1 heterocycles. The van der Waals surface area contributed by atoms with E-state index < -0.39 is 0 Å². The molecule has 0 aliphatic carbocycles. The first-order valence-corrected chi connectivity index (χ1v) is 10.4. The highest BCUT2D eigenvalue weighted by molar-refractivity contribution is 6.33. The lowest BCUT2D eigenvalue weighted by molar-refractivity contribution is 0.102. The van der Waals surface area contributed by atoms with Crippen LogP contribution in [0.3, 0.4) is 0 Å². The van der Waals surface area contributed by atoms with Crippen molar-refractivity contribution in [3.63, 3.8) is 0 Å². The average Bonchev–Trinajstić information content (AvgIpc) is 3.23. The number of carbonyl (C=O) groups excluding carboxylic acids is 1. The summed E-state index contributed by atoms with van der Waals surface area (Å²) < 4.78 is 10.7. The predicted octanol–water partition coefficient (Wildman–Crippen LogP) is 5.47. The molecule has 0 aliphatic heterocycles. The van der Waals surface area contributed by atoms with Crippen molar-refractivity contribution in [1.29, 1.82) is 0 Å². The van der Waals surface area contributed by atoms with Crippen LogP contribution in [-0.2, 0) is 13.2 Å². The van der Waals surface area contributed by atoms with Gasteiger partial charge in [0, 0.05) is 19.2 Å². The number of rotatable bonds is 8. The van der Waals surface area contributed by atoms with Crippen molar-refractivity contribution >= 4 is 28.9 Å². The number of nitrogens with zero attached hydrogens (tertiary/aromatic N) is 2. The smallest absolute Gasteiger partial charge is 0.259 e. The van der Waals surface area contributed by atoms with Crippen molar-refractivity contribution in [2.24, 2.45) is 0 Å². The number of nitrogens with one attached hydrogen (secondary N) is 2. The monoisotopic (exact) mass is 448 g/mol. The number of carbonyl (C=O) groups is 1. The Bertz CT molecular complexity index is 1210. The highest BCUT2D eigenvalue weighted by atomic mass is 35.5. The van der Waals surface area contributed by atoms with Crippen LogP contribution in [-0.4, -0.2) is 16.0 Å². The lowest BCUT2D eigenvalue weighted by Gasteiger charge is -2.13. The summed E-state index contributed by atoms with van der Waals surface area (Å²) in [6.45, 7) is 2.44. The van der Waals surface area contributed by atoms with Crippen LogP contribution in [0.4, 0.5) is 11.4 Å². The van der Waals surface area contributed by atoms with E-state index in [0.29, 0.717) is 40.3 Å². The van der Waals surface area contributed by atoms with Gasteiger partial charge in [-0.1, -0.05) is 59.2 Å². The molecule has 4 rings (SSSR count). The van der Waals surface area contributed by atoms with Crippen molar-refractivity contribution in [3.05, 3.63) is 101 Å². The molecule has 4 aromatic rings. The number of para-hydroxylation sites is 1. The van der Waals surface area contributed by atoms with Crippen molar-refractivity contribution in [3.8, 4) is 5.75 Å². The molecule has 0 bridgehead atoms. The van der Waals surface area contributed by atoms with Crippen molar-refractivity contribution in [2.75, 3.05) is 10.6 Å². The maximum atomic E-state index is 12.9. The minimum atomic E-state index is -0.314. The van der Waals surface area contributed by atoms with E-state index in [1.807, 2.05) is 36.4 Å². The van der Waals surface area contributed by atoms with Crippen LogP contribution >= 0.6 is 11.6 Å². The lowest BCUT2D eigenvalue weighted by Crippen LogP contribution is -2.14. The van der Waals surface area contributed by atoms with Gasteiger partial charge in [0.1, 0.15) is 5.75 Å². The quantitative estimate of drug-likeness (QED) is 0.371. The fourth-order valence-electron chi connectivity index (χ4n) is 3.05. The summed E-state index contributed by atoms with van der Waals surface area (Å²) in [6, 6.07) is 22.3. The number of halogens is 1. The molecule has 7 nitrogen and oxygen atoms in total. The van der Waals surface area contributed by atoms with Gasteiger partial charge in [0.15, 0.2) is 6.61 Å². The molecule has 0 unspecified atom stereocenters. The Labute approximate surface area is 190 Å². The van der Waals surface area contributed by atoms with E-state index in [1.54, 1.807) is 43.3 Å². The normalized spacial score (nSPS) is 10.6. The Morgan fingerprint density at radius 1 is 1.06 bits per heavy atom. The first kappa shape index (κ1) is 21.4. The zero-order chi connectivity index (χ0) is 22.3. The van der Waals surface area contributed by atoms with Gasteiger partial charge in [-0.25, -0.2) is 0 Å². The Morgan fingerprint density at radius 3 is 2.59 bits per heavy atom. The Kier molecular flexibility index (Phi) is 6.67. The summed E-state index contributed by atoms with van der Waals surface area (Å²) in [4.78, 5) is 17.0. The summed E-state index contributed by atoms with van der Waals surface area (Å²) in [7, 11) is 0. The molecule has 0 aliphatic rings. The Morgan fingerprint density at radius 2 is 1.84 bits per heavy atom. The standard InChI is InChI=1S/C24H21ClN4O3/c1-16-27-23(29-32-16)15-31-22-10-6-5-9-19(22)24(30)28-18-11-12-21(20(25)13-18)26-14-17-7-3-2-4-8-17/h2-13,26H,14-15H2,1H3,(H,28,30). The fraction of sp³-hybridized carbons (Fsp3) is 0.125. The molecule has 0 atom stereocenters. The van der Waals surface area contributed by atoms with Crippen molar-refractivity contribution in [1.82, 2.24) is 10.1 Å². The number of hydrogen-bond donors (Lipinski definition) is 2. The molecule has 162 valence electrons. The number of aromatic nitrogens is 2. The van der Waals surface area contributed by atoms with Crippen LogP contribution in [0.25, 0.3) is 0 Å². The summed E-state index contributed by atoms with van der Waals surface area (Å²) in [5.74, 6) is 0.960. The zero-order valence-electron chi connectivity index (χ0n) is 17.3. The van der Waals surface area contributed by atoms with E-state index in [1.165, 1.54) is 0 Å². The van der Waals surface area contributed by atoms with Gasteiger partial charge >= 0.3 is 0 Å². The topological polar surface area (TPSA) is 89.3 Å². The van der Waals surface area contributed by atoms with Crippen LogP contribution in [0.1, 0.15) is 27.6 Å². The summed E-state index contributed by atoms with van der Waals surface area (Å²) in [6.07, 6.45) is 0. The van der Waals surface area contributed by atoms with Gasteiger partial charge in [-0.2, -0.15) is 4.98 Å². The first-order valence-electron chi connectivity index (χ1n) is 9.98. The minimum absolute atomic E-state index is 0.0925. The SMILES string of the molecule is Cc1nc(COc2ccccc2C(=O)Nc2ccc(NCc3ccccc3)c(Cl)c2)no1. The van der Waals surface area contributed by atoms with Gasteiger partial charge in [0.25, 0.3) is 5.91 Å². The van der Waals surface area contributed by atoms with Crippen LogP contribution < -0.4 is 15.4 Å². The lowest BCUT2D eigenvalue weighted by atomic mass is 10.1. The van der Waals surface area contributed by atoms with Crippen molar-refractivity contribution < 1.29 is 14.1 Å². The second kappa shape index (κ2) is 9.98. The third kappa shape index (κ3) is 5.44. The number of amides is 1. The van der Waals surface area contributed by atoms with Crippen LogP contribution in [0, 0.1) is 6.92 Å². The molecular weight excluding hydrogens is 428 g/mol. The Hall–Kier alpha value is -3.84. The van der Waals surface area contributed by atoms with Gasteiger partial charge in [0.2, 0.25) is 11.7 Å². The zero-order valence-corrected chi connectivity index (χ0v) is 18.1. The predicted molar refractivity (Wildman–Crippen MR) is 123 cm³/mol. The minimum Gasteiger partial charge on any atom is -0.485 e. The number of anilines is 2. The first-order chi connectivity index (χ1) is 15.6. The average molecular weight is 449 g/mol. The fourth-order valence-corrected chi connectivity index (χ4v) is 3.30. The molecule has 1 aromatic heterocycles. The molecule has 0 saturated heterocycles. The van der Waals surface area contributed by atoms with Gasteiger partial charge in [0.05, 0.1) is 16.3 Å². The second-order valence-electron chi connectivity index (χ2n) is 7.00. The van der Waals surface area contributed by atoms with E-state index >= 15 is 0 Å². The largest absolute Gasteiger partial charge is 0.485 e. The van der Waals surface area contributed by atoms with E-state index in [0.717, 1.165) is 11.3 Å². The summed E-state index contributed by atoms with van der Waals surface area (Å²) >= 11 is 6.41. The van der Waals surface area contributed by atoms with Crippen molar-refractivity contribution in [2.45, 2.75) is 20.1 Å². The van der Waals surface area contributed by atoms with Gasteiger partial charge < -0.3 is 19.9 Å². The Balaban J connectivity index is 1.41. The third-order valence-corrected chi connectivity index (χ3v) is 4.92. The molecule has 0 spiro atoms. The number of benzene rings is 3. The van der Waals surface area contributed by atoms with Crippen LogP contribution in [0.2, 0.25) is 5.02 Å². The second-order valence-corrected chi connectivity index (χ2v) is 7.41. The highest BCUT2D eigenvalue weighted by Crippen LogP contribution is 2.27. The molecule has 32 heavy (non-hydrogen) atoms. The summed E-state index contributed by atoms with van der Waals surface area (Å²) in [5.41, 5.74) is 2.89. The van der Waals surface area contributed by atoms with Crippen LogP contribution in [0.15, 0.2) is 77.3 Å². The highest BCUT2D eigenvalue weighted by Gasteiger charge is 2.14. The van der Waals surface area contributed by atoms with Gasteiger partial charge in [-0.3, -0.25) is 4.79 Å². The van der Waals surface area contributed by atoms with Gasteiger partial charge in [-0.05, 0) is 35.9 Å². The summed E-state index contributed by atoms with van der Waals surface area (Å²) in [5, 5.41) is 10.5. The van der Waals surface area contributed by atoms with Gasteiger partial charge in [-0.15, -0.1) is 0 Å². The number of hydrogen-bond acceptors (Lipinski definition) is 6. The van der Waals surface area contributed by atoms with E-state index in [4.69, 9.17) is 20.9 Å². The molecular formula is C24H21ClN4O3. The molecule has 2 N–H and O–H groups in total. The molecule has 3 aromatic carbocycles. The number of aryl methyl sites for hydroxylation is 1. The molecule has 0 radical (unpaired) electrons. The van der Waals surface area contributed by atoms with E-state index in [2.05, 4.69) is 20.8 Å². The molecule has 0 fully saturated rings. The van der Waals surface area contributed by atoms with E-state index in [9.17, 15) is 4.79 Å².